The first-order chi connectivity index (χ1) is 9.30. The van der Waals surface area contributed by atoms with Gasteiger partial charge >= 0.3 is 0 Å². The second-order valence-corrected chi connectivity index (χ2v) is 4.77. The summed E-state index contributed by atoms with van der Waals surface area (Å²) in [4.78, 5) is 21.7. The van der Waals surface area contributed by atoms with E-state index in [1.807, 2.05) is 0 Å². The van der Waals surface area contributed by atoms with Crippen molar-refractivity contribution in [2.24, 2.45) is 0 Å². The van der Waals surface area contributed by atoms with Gasteiger partial charge in [-0.3, -0.25) is 14.9 Å². The lowest BCUT2D eigenvalue weighted by Gasteiger charge is -2.23. The van der Waals surface area contributed by atoms with Crippen LogP contribution < -0.4 is 0 Å². The van der Waals surface area contributed by atoms with Gasteiger partial charge in [0.1, 0.15) is 6.10 Å². The molecule has 1 aliphatic rings. The van der Waals surface area contributed by atoms with Crippen molar-refractivity contribution in [1.29, 1.82) is 0 Å². The van der Waals surface area contributed by atoms with Gasteiger partial charge in [-0.05, 0) is 42.8 Å². The minimum absolute atomic E-state index is 0.0475. The summed E-state index contributed by atoms with van der Waals surface area (Å²) < 4.78 is 0. The van der Waals surface area contributed by atoms with Gasteiger partial charge in [0, 0.05) is 17.7 Å². The highest BCUT2D eigenvalue weighted by molar-refractivity contribution is 6.06. The van der Waals surface area contributed by atoms with Crippen LogP contribution in [0, 0.1) is 10.1 Å². The van der Waals surface area contributed by atoms with Gasteiger partial charge in [-0.1, -0.05) is 0 Å². The van der Waals surface area contributed by atoms with E-state index in [0.29, 0.717) is 5.56 Å². The summed E-state index contributed by atoms with van der Waals surface area (Å²) in [5.74, 6) is -0.401. The number of nitrogens with zero attached hydrogens (tertiary/aromatic N) is 1. The van der Waals surface area contributed by atoms with E-state index in [1.54, 1.807) is 0 Å². The first-order valence-electron chi connectivity index (χ1n) is 5.91. The SMILES string of the molecule is C[C@]1(O)C=CC(=O)C([C@H](O)c2ccc([N+](=O)[O-])cc2)=C1. The monoisotopic (exact) mass is 275 g/mol. The smallest absolute Gasteiger partial charge is 0.269 e. The Morgan fingerprint density at radius 2 is 1.90 bits per heavy atom. The molecule has 0 heterocycles. The van der Waals surface area contributed by atoms with Crippen LogP contribution in [-0.4, -0.2) is 26.5 Å². The number of carbonyl (C=O) groups excluding carboxylic acids is 1. The van der Waals surface area contributed by atoms with Gasteiger partial charge in [0.05, 0.1) is 10.5 Å². The standard InChI is InChI=1S/C14H13NO5/c1-14(18)7-6-12(16)11(8-14)13(17)9-2-4-10(5-3-9)15(19)20/h2-8,13,17-18H,1H3/t13-,14+/m1/s1. The third-order valence-corrected chi connectivity index (χ3v) is 3.02. The Kier molecular flexibility index (Phi) is 3.52. The Labute approximate surface area is 114 Å². The van der Waals surface area contributed by atoms with Gasteiger partial charge in [0.25, 0.3) is 5.69 Å². The molecule has 20 heavy (non-hydrogen) atoms. The predicted molar refractivity (Wildman–Crippen MR) is 70.9 cm³/mol. The molecule has 1 aromatic carbocycles. The Balaban J connectivity index is 2.31. The van der Waals surface area contributed by atoms with E-state index in [4.69, 9.17) is 0 Å². The molecule has 0 saturated heterocycles. The van der Waals surface area contributed by atoms with Crippen LogP contribution in [0.1, 0.15) is 18.6 Å². The van der Waals surface area contributed by atoms with E-state index in [1.165, 1.54) is 49.4 Å². The largest absolute Gasteiger partial charge is 0.384 e. The summed E-state index contributed by atoms with van der Waals surface area (Å²) in [6, 6.07) is 5.26. The van der Waals surface area contributed by atoms with Crippen LogP contribution in [0.15, 0.2) is 48.1 Å². The van der Waals surface area contributed by atoms with Gasteiger partial charge in [0.2, 0.25) is 0 Å². The topological polar surface area (TPSA) is 101 Å². The number of nitro benzene ring substituents is 1. The maximum absolute atomic E-state index is 11.7. The highest BCUT2D eigenvalue weighted by Crippen LogP contribution is 2.29. The predicted octanol–water partition coefficient (Wildman–Crippen LogP) is 1.44. The minimum atomic E-state index is -1.30. The molecule has 0 amide bonds. The molecule has 1 aromatic rings. The molecule has 0 aliphatic heterocycles. The molecule has 2 atom stereocenters. The average Bonchev–Trinajstić information content (AvgIpc) is 2.41. The molecule has 6 heteroatoms. The van der Waals surface area contributed by atoms with Crippen molar-refractivity contribution in [2.75, 3.05) is 0 Å². The molecule has 2 rings (SSSR count). The molecule has 0 bridgehead atoms. The maximum Gasteiger partial charge on any atom is 0.269 e. The molecule has 0 saturated carbocycles. The van der Waals surface area contributed by atoms with Gasteiger partial charge in [-0.25, -0.2) is 0 Å². The van der Waals surface area contributed by atoms with Crippen molar-refractivity contribution in [3.05, 3.63) is 63.7 Å². The lowest BCUT2D eigenvalue weighted by atomic mass is 9.88. The van der Waals surface area contributed by atoms with Crippen LogP contribution in [0.4, 0.5) is 5.69 Å². The number of allylic oxidation sites excluding steroid dienone is 1. The zero-order valence-corrected chi connectivity index (χ0v) is 10.7. The third-order valence-electron chi connectivity index (χ3n) is 3.02. The molecule has 0 radical (unpaired) electrons. The van der Waals surface area contributed by atoms with Gasteiger partial charge in [-0.2, -0.15) is 0 Å². The fourth-order valence-electron chi connectivity index (χ4n) is 1.95. The number of hydrogen-bond acceptors (Lipinski definition) is 5. The molecule has 0 unspecified atom stereocenters. The van der Waals surface area contributed by atoms with E-state index < -0.39 is 22.4 Å². The van der Waals surface area contributed by atoms with Crippen molar-refractivity contribution in [1.82, 2.24) is 0 Å². The Morgan fingerprint density at radius 3 is 2.45 bits per heavy atom. The Morgan fingerprint density at radius 1 is 1.30 bits per heavy atom. The normalized spacial score (nSPS) is 23.4. The third kappa shape index (κ3) is 2.81. The van der Waals surface area contributed by atoms with Crippen molar-refractivity contribution in [2.45, 2.75) is 18.6 Å². The van der Waals surface area contributed by atoms with Crippen LogP contribution in [0.3, 0.4) is 0 Å². The van der Waals surface area contributed by atoms with E-state index in [-0.39, 0.29) is 11.3 Å². The number of carbonyl (C=O) groups is 1. The van der Waals surface area contributed by atoms with E-state index >= 15 is 0 Å². The lowest BCUT2D eigenvalue weighted by Crippen LogP contribution is -2.25. The molecule has 0 spiro atoms. The number of nitro groups is 1. The van der Waals surface area contributed by atoms with Crippen molar-refractivity contribution < 1.29 is 19.9 Å². The summed E-state index contributed by atoms with van der Waals surface area (Å²) in [7, 11) is 0. The molecule has 0 fully saturated rings. The Hall–Kier alpha value is -2.31. The van der Waals surface area contributed by atoms with Crippen molar-refractivity contribution >= 4 is 11.5 Å². The maximum atomic E-state index is 11.7. The van der Waals surface area contributed by atoms with Crippen molar-refractivity contribution in [3.63, 3.8) is 0 Å². The summed E-state index contributed by atoms with van der Waals surface area (Å²) in [6.07, 6.45) is 2.58. The number of aliphatic hydroxyl groups excluding tert-OH is 1. The highest BCUT2D eigenvalue weighted by Gasteiger charge is 2.27. The van der Waals surface area contributed by atoms with Crippen molar-refractivity contribution in [3.8, 4) is 0 Å². The van der Waals surface area contributed by atoms with Gasteiger partial charge in [0.15, 0.2) is 5.78 Å². The number of hydrogen-bond donors (Lipinski definition) is 2. The molecule has 1 aliphatic carbocycles. The van der Waals surface area contributed by atoms with Gasteiger partial charge in [-0.15, -0.1) is 0 Å². The highest BCUT2D eigenvalue weighted by atomic mass is 16.6. The Bertz CT molecular complexity index is 613. The minimum Gasteiger partial charge on any atom is -0.384 e. The number of aliphatic hydroxyl groups is 2. The second kappa shape index (κ2) is 4.99. The molecule has 6 nitrogen and oxygen atoms in total. The van der Waals surface area contributed by atoms with Crippen LogP contribution >= 0.6 is 0 Å². The lowest BCUT2D eigenvalue weighted by molar-refractivity contribution is -0.384. The molecular weight excluding hydrogens is 262 g/mol. The van der Waals surface area contributed by atoms with E-state index in [0.717, 1.165) is 0 Å². The second-order valence-electron chi connectivity index (χ2n) is 4.77. The number of non-ortho nitro benzene ring substituents is 1. The van der Waals surface area contributed by atoms with E-state index in [2.05, 4.69) is 0 Å². The van der Waals surface area contributed by atoms with Crippen LogP contribution in [0.2, 0.25) is 0 Å². The number of benzene rings is 1. The summed E-state index contributed by atoms with van der Waals surface area (Å²) >= 11 is 0. The first-order valence-corrected chi connectivity index (χ1v) is 5.91. The quantitative estimate of drug-likeness (QED) is 0.642. The zero-order valence-electron chi connectivity index (χ0n) is 10.7. The van der Waals surface area contributed by atoms with Gasteiger partial charge < -0.3 is 10.2 Å². The van der Waals surface area contributed by atoms with Crippen LogP contribution in [0.25, 0.3) is 0 Å². The summed E-state index contributed by atoms with van der Waals surface area (Å²) in [6.45, 7) is 1.48. The molecule has 0 aromatic heterocycles. The zero-order chi connectivity index (χ0) is 14.9. The average molecular weight is 275 g/mol. The van der Waals surface area contributed by atoms with Crippen LogP contribution in [-0.2, 0) is 4.79 Å². The molecule has 2 N–H and O–H groups in total. The molecule has 104 valence electrons. The fraction of sp³-hybridized carbons (Fsp3) is 0.214. The summed E-state index contributed by atoms with van der Waals surface area (Å²) in [5, 5.41) is 30.6. The number of ketones is 1. The first kappa shape index (κ1) is 14.1. The number of rotatable bonds is 3. The summed E-state index contributed by atoms with van der Waals surface area (Å²) in [5.41, 5.74) is -1.00. The van der Waals surface area contributed by atoms with E-state index in [9.17, 15) is 25.1 Å². The molecular formula is C14H13NO5. The van der Waals surface area contributed by atoms with Crippen LogP contribution in [0.5, 0.6) is 0 Å². The fourth-order valence-corrected chi connectivity index (χ4v) is 1.95.